The Bertz CT molecular complexity index is 160. The molecule has 0 aliphatic heterocycles. The molecule has 0 aromatic rings. The predicted molar refractivity (Wildman–Crippen MR) is 42.2 cm³/mol. The average molecular weight is 179 g/mol. The van der Waals surface area contributed by atoms with Crippen molar-refractivity contribution in [2.45, 2.75) is 20.3 Å². The first-order valence-electron chi connectivity index (χ1n) is 2.95. The molecule has 0 aliphatic carbocycles. The van der Waals surface area contributed by atoms with Gasteiger partial charge in [0.25, 0.3) is 0 Å². The van der Waals surface area contributed by atoms with Gasteiger partial charge in [0.05, 0.1) is 0 Å². The fourth-order valence-electron chi connectivity index (χ4n) is 0.302. The van der Waals surface area contributed by atoms with Crippen LogP contribution >= 0.6 is 8.25 Å². The van der Waals surface area contributed by atoms with Crippen molar-refractivity contribution in [2.24, 2.45) is 0 Å². The van der Waals surface area contributed by atoms with Crippen molar-refractivity contribution in [1.29, 1.82) is 0 Å². The predicted octanol–water partition coefficient (Wildman–Crippen LogP) is 1.17. The van der Waals surface area contributed by atoms with Crippen molar-refractivity contribution in [3.05, 3.63) is 12.2 Å². The third-order valence-corrected chi connectivity index (χ3v) is 0.797. The lowest BCUT2D eigenvalue weighted by atomic mass is 10.2. The smallest absolute Gasteiger partial charge is 0.295 e. The fraction of sp³-hybridized carbons (Fsp3) is 0.500. The van der Waals surface area contributed by atoms with Crippen LogP contribution in [0.25, 0.3) is 0 Å². The van der Waals surface area contributed by atoms with Gasteiger partial charge >= 0.3 is 8.25 Å². The van der Waals surface area contributed by atoms with Gasteiger partial charge in [0.2, 0.25) is 0 Å². The Morgan fingerprint density at radius 2 is 1.82 bits per heavy atom. The standard InChI is InChI=1S/C6H10O.HO3P/c1-4-6(7)5(2)3;1-4(2)3/h2,4H2,1,3H3;(H-,1,2,3)/p+1. The number of carbonyl (C=O) groups excluding carboxylic acids is 1. The van der Waals surface area contributed by atoms with Crippen molar-refractivity contribution in [2.75, 3.05) is 0 Å². The highest BCUT2D eigenvalue weighted by atomic mass is 31.1. The van der Waals surface area contributed by atoms with Crippen molar-refractivity contribution >= 4 is 14.0 Å². The molecular weight excluding hydrogens is 167 g/mol. The second-order valence-corrected chi connectivity index (χ2v) is 2.32. The zero-order valence-corrected chi connectivity index (χ0v) is 7.47. The Labute approximate surface area is 66.5 Å². The summed E-state index contributed by atoms with van der Waals surface area (Å²) in [5.74, 6) is 0.153. The number of carbonyl (C=O) groups is 1. The van der Waals surface area contributed by atoms with Crippen LogP contribution in [0.1, 0.15) is 20.3 Å². The average Bonchev–Trinajstić information content (AvgIpc) is 1.85. The van der Waals surface area contributed by atoms with E-state index in [0.717, 1.165) is 0 Å². The molecule has 0 spiro atoms. The lowest BCUT2D eigenvalue weighted by Crippen LogP contribution is -1.93. The van der Waals surface area contributed by atoms with Crippen LogP contribution in [0.15, 0.2) is 12.2 Å². The highest BCUT2D eigenvalue weighted by Gasteiger charge is 1.93. The van der Waals surface area contributed by atoms with Gasteiger partial charge in [-0.15, -0.1) is 9.79 Å². The molecule has 0 atom stereocenters. The van der Waals surface area contributed by atoms with Gasteiger partial charge in [-0.1, -0.05) is 13.5 Å². The van der Waals surface area contributed by atoms with E-state index in [0.29, 0.717) is 12.0 Å². The molecule has 0 aromatic carbocycles. The summed E-state index contributed by atoms with van der Waals surface area (Å²) in [7, 11) is -2.87. The molecule has 0 bridgehead atoms. The summed E-state index contributed by atoms with van der Waals surface area (Å²) < 4.78 is 8.70. The lowest BCUT2D eigenvalue weighted by molar-refractivity contribution is -0.115. The zero-order chi connectivity index (χ0) is 9.44. The van der Waals surface area contributed by atoms with Crippen LogP contribution in [0.2, 0.25) is 0 Å². The van der Waals surface area contributed by atoms with Crippen LogP contribution in [0, 0.1) is 0 Å². The summed E-state index contributed by atoms with van der Waals surface area (Å²) in [6.07, 6.45) is 0.579. The molecule has 0 rings (SSSR count). The first-order chi connectivity index (χ1) is 4.91. The first-order valence-corrected chi connectivity index (χ1v) is 4.12. The first kappa shape index (κ1) is 13.1. The van der Waals surface area contributed by atoms with Gasteiger partial charge in [-0.2, -0.15) is 0 Å². The van der Waals surface area contributed by atoms with Crippen LogP contribution in [0.4, 0.5) is 0 Å². The minimum Gasteiger partial charge on any atom is -0.295 e. The molecule has 0 aliphatic rings. The topological polar surface area (TPSA) is 74.6 Å². The number of Topliss-reactive ketones (excluding diaryl/α,β-unsaturated/α-hetero) is 1. The van der Waals surface area contributed by atoms with E-state index in [4.69, 9.17) is 14.4 Å². The molecule has 0 aromatic heterocycles. The van der Waals surface area contributed by atoms with Crippen molar-refractivity contribution in [1.82, 2.24) is 0 Å². The van der Waals surface area contributed by atoms with E-state index in [-0.39, 0.29) is 5.78 Å². The van der Waals surface area contributed by atoms with Crippen LogP contribution in [-0.2, 0) is 9.36 Å². The minimum absolute atomic E-state index is 0.153. The third-order valence-electron chi connectivity index (χ3n) is 0.797. The molecule has 4 nitrogen and oxygen atoms in total. The second-order valence-electron chi connectivity index (χ2n) is 1.81. The van der Waals surface area contributed by atoms with Gasteiger partial charge in [0.15, 0.2) is 5.78 Å². The Morgan fingerprint density at radius 1 is 1.55 bits per heavy atom. The van der Waals surface area contributed by atoms with E-state index in [1.165, 1.54) is 0 Å². The molecule has 0 saturated heterocycles. The van der Waals surface area contributed by atoms with Gasteiger partial charge < -0.3 is 0 Å². The molecule has 0 unspecified atom stereocenters. The van der Waals surface area contributed by atoms with Gasteiger partial charge in [-0.3, -0.25) is 4.79 Å². The summed E-state index contributed by atoms with van der Waals surface area (Å²) in [5, 5.41) is 0. The molecular formula is C6H12O4P+. The Morgan fingerprint density at radius 3 is 1.82 bits per heavy atom. The number of hydrogen-bond acceptors (Lipinski definition) is 2. The maximum Gasteiger partial charge on any atom is 0.692 e. The zero-order valence-electron chi connectivity index (χ0n) is 6.57. The largest absolute Gasteiger partial charge is 0.692 e. The van der Waals surface area contributed by atoms with Gasteiger partial charge in [-0.05, 0) is 12.5 Å². The van der Waals surface area contributed by atoms with E-state index in [9.17, 15) is 4.79 Å². The van der Waals surface area contributed by atoms with Crippen molar-refractivity contribution in [3.63, 3.8) is 0 Å². The molecule has 0 fully saturated rings. The SMILES string of the molecule is C=C(C)C(=O)CC.O=[P+](O)O. The van der Waals surface area contributed by atoms with Crippen molar-refractivity contribution in [3.8, 4) is 0 Å². The Hall–Kier alpha value is -0.570. The summed E-state index contributed by atoms with van der Waals surface area (Å²) in [4.78, 5) is 24.7. The van der Waals surface area contributed by atoms with Gasteiger partial charge in [0.1, 0.15) is 0 Å². The molecule has 0 amide bonds. The number of rotatable bonds is 2. The lowest BCUT2D eigenvalue weighted by Gasteiger charge is -1.87. The molecule has 0 heterocycles. The molecule has 11 heavy (non-hydrogen) atoms. The molecule has 2 N–H and O–H groups in total. The monoisotopic (exact) mass is 179 g/mol. The maximum absolute atomic E-state index is 10.4. The highest BCUT2D eigenvalue weighted by molar-refractivity contribution is 7.30. The summed E-state index contributed by atoms with van der Waals surface area (Å²) in [5.41, 5.74) is 0.655. The van der Waals surface area contributed by atoms with E-state index in [1.54, 1.807) is 6.92 Å². The number of hydrogen-bond donors (Lipinski definition) is 2. The summed E-state index contributed by atoms with van der Waals surface area (Å²) >= 11 is 0. The molecule has 64 valence electrons. The number of allylic oxidation sites excluding steroid dienone is 1. The van der Waals surface area contributed by atoms with Gasteiger partial charge in [0, 0.05) is 11.0 Å². The molecule has 0 radical (unpaired) electrons. The number of ketones is 1. The van der Waals surface area contributed by atoms with E-state index in [2.05, 4.69) is 6.58 Å². The quantitative estimate of drug-likeness (QED) is 0.492. The normalized spacial score (nSPS) is 7.64. The fourth-order valence-corrected chi connectivity index (χ4v) is 0.302. The second kappa shape index (κ2) is 7.54. The Balaban J connectivity index is 0. The van der Waals surface area contributed by atoms with Crippen molar-refractivity contribution < 1.29 is 19.1 Å². The van der Waals surface area contributed by atoms with Gasteiger partial charge in [-0.25, -0.2) is 0 Å². The molecule has 5 heteroatoms. The van der Waals surface area contributed by atoms with Crippen LogP contribution in [0.3, 0.4) is 0 Å². The summed E-state index contributed by atoms with van der Waals surface area (Å²) in [6, 6.07) is 0. The molecule has 0 saturated carbocycles. The third kappa shape index (κ3) is 17.7. The van der Waals surface area contributed by atoms with Crippen LogP contribution in [-0.4, -0.2) is 15.6 Å². The van der Waals surface area contributed by atoms with E-state index in [1.807, 2.05) is 6.92 Å². The maximum atomic E-state index is 10.4. The highest BCUT2D eigenvalue weighted by Crippen LogP contribution is 1.98. The summed E-state index contributed by atoms with van der Waals surface area (Å²) in [6.45, 7) is 7.03. The minimum atomic E-state index is -2.87. The van der Waals surface area contributed by atoms with E-state index < -0.39 is 8.25 Å². The Kier molecular flexibility index (Phi) is 8.94. The van der Waals surface area contributed by atoms with Crippen LogP contribution < -0.4 is 0 Å². The van der Waals surface area contributed by atoms with E-state index >= 15 is 0 Å². The van der Waals surface area contributed by atoms with Crippen LogP contribution in [0.5, 0.6) is 0 Å².